The Morgan fingerprint density at radius 3 is 2.56 bits per heavy atom. The molecule has 86 valence electrons. The summed E-state index contributed by atoms with van der Waals surface area (Å²) in [4.78, 5) is 22.1. The Morgan fingerprint density at radius 1 is 1.38 bits per heavy atom. The maximum Gasteiger partial charge on any atom is 0.339 e. The van der Waals surface area contributed by atoms with Crippen LogP contribution in [0.2, 0.25) is 0 Å². The van der Waals surface area contributed by atoms with Gasteiger partial charge < -0.3 is 15.6 Å². The highest BCUT2D eigenvalue weighted by molar-refractivity contribution is 5.94. The smallest absolute Gasteiger partial charge is 0.339 e. The monoisotopic (exact) mass is 224 g/mol. The van der Waals surface area contributed by atoms with Gasteiger partial charge in [0.15, 0.2) is 6.23 Å². The Balaban J connectivity index is 2.83. The lowest BCUT2D eigenvalue weighted by Gasteiger charge is -2.10. The van der Waals surface area contributed by atoms with Crippen LogP contribution in [0, 0.1) is 0 Å². The second-order valence-corrected chi connectivity index (χ2v) is 3.07. The molecule has 1 aromatic carbocycles. The molecule has 1 atom stereocenters. The van der Waals surface area contributed by atoms with Crippen molar-refractivity contribution in [1.29, 1.82) is 0 Å². The first-order valence-corrected chi connectivity index (χ1v) is 4.54. The van der Waals surface area contributed by atoms with E-state index in [1.165, 1.54) is 24.3 Å². The standard InChI is InChI=1S/C10H12N2O4/c11-5-8(12)16-10(15)7-3-1-2-6(4-7)9(13)14/h1-4,8H,5,11-12H2,(H,13,14). The molecule has 1 aromatic rings. The molecule has 1 unspecified atom stereocenters. The summed E-state index contributed by atoms with van der Waals surface area (Å²) in [6.45, 7) is 0.00433. The zero-order chi connectivity index (χ0) is 12.1. The SMILES string of the molecule is NCC(N)OC(=O)c1cccc(C(=O)O)c1. The Labute approximate surface area is 91.8 Å². The van der Waals surface area contributed by atoms with Crippen LogP contribution >= 0.6 is 0 Å². The Kier molecular flexibility index (Phi) is 3.98. The maximum absolute atomic E-state index is 11.4. The van der Waals surface area contributed by atoms with E-state index in [2.05, 4.69) is 0 Å². The number of esters is 1. The van der Waals surface area contributed by atoms with Gasteiger partial charge in [0.05, 0.1) is 11.1 Å². The lowest BCUT2D eigenvalue weighted by molar-refractivity contribution is 0.0334. The molecule has 0 saturated heterocycles. The molecule has 0 aliphatic rings. The summed E-state index contributed by atoms with van der Waals surface area (Å²) in [5.41, 5.74) is 10.6. The summed E-state index contributed by atoms with van der Waals surface area (Å²) in [5.74, 6) is -1.81. The molecule has 0 bridgehead atoms. The number of hydrogen-bond acceptors (Lipinski definition) is 5. The maximum atomic E-state index is 11.4. The van der Waals surface area contributed by atoms with Crippen molar-refractivity contribution in [3.63, 3.8) is 0 Å². The van der Waals surface area contributed by atoms with Gasteiger partial charge >= 0.3 is 11.9 Å². The van der Waals surface area contributed by atoms with Gasteiger partial charge in [-0.15, -0.1) is 0 Å². The number of carboxylic acid groups (broad SMARTS) is 1. The normalized spacial score (nSPS) is 11.9. The number of carbonyl (C=O) groups excluding carboxylic acids is 1. The molecule has 0 saturated carbocycles. The molecule has 6 heteroatoms. The number of ether oxygens (including phenoxy) is 1. The lowest BCUT2D eigenvalue weighted by atomic mass is 10.1. The van der Waals surface area contributed by atoms with E-state index in [-0.39, 0.29) is 17.7 Å². The van der Waals surface area contributed by atoms with Gasteiger partial charge in [-0.05, 0) is 18.2 Å². The van der Waals surface area contributed by atoms with E-state index >= 15 is 0 Å². The molecular weight excluding hydrogens is 212 g/mol. The Hall–Kier alpha value is -1.92. The molecule has 0 radical (unpaired) electrons. The van der Waals surface area contributed by atoms with Crippen LogP contribution in [0.15, 0.2) is 24.3 Å². The van der Waals surface area contributed by atoms with Gasteiger partial charge in [-0.2, -0.15) is 0 Å². The van der Waals surface area contributed by atoms with Crippen molar-refractivity contribution >= 4 is 11.9 Å². The van der Waals surface area contributed by atoms with Crippen LogP contribution in [-0.2, 0) is 4.74 Å². The summed E-state index contributed by atoms with van der Waals surface area (Å²) in [5, 5.41) is 8.72. The highest BCUT2D eigenvalue weighted by Gasteiger charge is 2.13. The van der Waals surface area contributed by atoms with Crippen LogP contribution in [0.3, 0.4) is 0 Å². The van der Waals surface area contributed by atoms with Gasteiger partial charge in [0, 0.05) is 6.54 Å². The van der Waals surface area contributed by atoms with E-state index in [1.807, 2.05) is 0 Å². The number of rotatable bonds is 4. The number of nitrogens with two attached hydrogens (primary N) is 2. The fourth-order valence-corrected chi connectivity index (χ4v) is 1.03. The number of carbonyl (C=O) groups is 2. The zero-order valence-electron chi connectivity index (χ0n) is 8.42. The predicted octanol–water partition coefficient (Wildman–Crippen LogP) is -0.215. The van der Waals surface area contributed by atoms with Gasteiger partial charge in [-0.25, -0.2) is 9.59 Å². The second-order valence-electron chi connectivity index (χ2n) is 3.07. The third kappa shape index (κ3) is 3.04. The quantitative estimate of drug-likeness (QED) is 0.481. The Bertz CT molecular complexity index is 406. The summed E-state index contributed by atoms with van der Waals surface area (Å²) in [6, 6.07) is 5.49. The molecule has 0 heterocycles. The molecule has 0 amide bonds. The van der Waals surface area contributed by atoms with Crippen LogP contribution in [0.5, 0.6) is 0 Å². The van der Waals surface area contributed by atoms with Gasteiger partial charge in [0.2, 0.25) is 0 Å². The van der Waals surface area contributed by atoms with E-state index in [4.69, 9.17) is 21.3 Å². The van der Waals surface area contributed by atoms with E-state index < -0.39 is 18.2 Å². The number of carboxylic acids is 1. The van der Waals surface area contributed by atoms with Gasteiger partial charge in [-0.1, -0.05) is 6.07 Å². The minimum atomic E-state index is -1.11. The summed E-state index contributed by atoms with van der Waals surface area (Å²) in [6.07, 6.45) is -0.888. The zero-order valence-corrected chi connectivity index (χ0v) is 8.42. The number of aromatic carboxylic acids is 1. The van der Waals surface area contributed by atoms with Gasteiger partial charge in [0.25, 0.3) is 0 Å². The minimum Gasteiger partial charge on any atom is -0.478 e. The molecule has 0 aliphatic heterocycles. The van der Waals surface area contributed by atoms with Crippen molar-refractivity contribution in [3.8, 4) is 0 Å². The van der Waals surface area contributed by atoms with Crippen LogP contribution in [0.1, 0.15) is 20.7 Å². The summed E-state index contributed by atoms with van der Waals surface area (Å²) in [7, 11) is 0. The molecule has 6 nitrogen and oxygen atoms in total. The van der Waals surface area contributed by atoms with Crippen molar-refractivity contribution in [3.05, 3.63) is 35.4 Å². The highest BCUT2D eigenvalue weighted by Crippen LogP contribution is 2.07. The average Bonchev–Trinajstić information content (AvgIpc) is 2.28. The van der Waals surface area contributed by atoms with Crippen LogP contribution in [0.4, 0.5) is 0 Å². The summed E-state index contributed by atoms with van der Waals surface area (Å²) >= 11 is 0. The van der Waals surface area contributed by atoms with E-state index in [1.54, 1.807) is 0 Å². The minimum absolute atomic E-state index is 0.00433. The predicted molar refractivity (Wildman–Crippen MR) is 55.8 cm³/mol. The highest BCUT2D eigenvalue weighted by atomic mass is 16.6. The second kappa shape index (κ2) is 5.24. The molecule has 0 spiro atoms. The largest absolute Gasteiger partial charge is 0.478 e. The fraction of sp³-hybridized carbons (Fsp3) is 0.200. The Morgan fingerprint density at radius 2 is 2.00 bits per heavy atom. The van der Waals surface area contributed by atoms with E-state index in [0.29, 0.717) is 0 Å². The fourth-order valence-electron chi connectivity index (χ4n) is 1.03. The first-order valence-electron chi connectivity index (χ1n) is 4.54. The van der Waals surface area contributed by atoms with Crippen LogP contribution in [-0.4, -0.2) is 29.8 Å². The van der Waals surface area contributed by atoms with Crippen molar-refractivity contribution < 1.29 is 19.4 Å². The lowest BCUT2D eigenvalue weighted by Crippen LogP contribution is -2.34. The first-order chi connectivity index (χ1) is 7.54. The topological polar surface area (TPSA) is 116 Å². The van der Waals surface area contributed by atoms with Gasteiger partial charge in [-0.3, -0.25) is 5.73 Å². The van der Waals surface area contributed by atoms with Gasteiger partial charge in [0.1, 0.15) is 0 Å². The number of hydrogen-bond donors (Lipinski definition) is 3. The number of benzene rings is 1. The third-order valence-electron chi connectivity index (χ3n) is 1.84. The van der Waals surface area contributed by atoms with Crippen LogP contribution in [0.25, 0.3) is 0 Å². The molecule has 0 aliphatic carbocycles. The molecular formula is C10H12N2O4. The van der Waals surface area contributed by atoms with Crippen LogP contribution < -0.4 is 11.5 Å². The molecule has 0 fully saturated rings. The van der Waals surface area contributed by atoms with Crippen molar-refractivity contribution in [2.75, 3.05) is 6.54 Å². The molecule has 1 rings (SSSR count). The van der Waals surface area contributed by atoms with Crippen molar-refractivity contribution in [2.24, 2.45) is 11.5 Å². The van der Waals surface area contributed by atoms with Crippen molar-refractivity contribution in [2.45, 2.75) is 6.23 Å². The molecule has 0 aromatic heterocycles. The van der Waals surface area contributed by atoms with E-state index in [0.717, 1.165) is 0 Å². The first kappa shape index (κ1) is 12.2. The molecule has 5 N–H and O–H groups in total. The third-order valence-corrected chi connectivity index (χ3v) is 1.84. The van der Waals surface area contributed by atoms with E-state index in [9.17, 15) is 9.59 Å². The summed E-state index contributed by atoms with van der Waals surface area (Å²) < 4.78 is 4.74. The molecule has 16 heavy (non-hydrogen) atoms. The van der Waals surface area contributed by atoms with Crippen molar-refractivity contribution in [1.82, 2.24) is 0 Å². The average molecular weight is 224 g/mol.